The highest BCUT2D eigenvalue weighted by molar-refractivity contribution is 5.97. The van der Waals surface area contributed by atoms with Gasteiger partial charge in [-0.1, -0.05) is 100 Å². The number of phenolic OH excluding ortho intramolecular Hbond substituents is 2. The second kappa shape index (κ2) is 26.3. The fourth-order valence-corrected chi connectivity index (χ4v) is 15.0. The van der Waals surface area contributed by atoms with Crippen molar-refractivity contribution in [1.82, 2.24) is 29.9 Å². The number of ether oxygens (including phenoxy) is 5. The number of phenols is 2. The smallest absolute Gasteiger partial charge is 0.408 e. The highest BCUT2D eigenvalue weighted by Crippen LogP contribution is 2.66. The van der Waals surface area contributed by atoms with Crippen LogP contribution in [0.4, 0.5) is 4.79 Å². The van der Waals surface area contributed by atoms with E-state index in [0.29, 0.717) is 44.0 Å². The molecule has 10 rings (SSSR count). The number of carbonyl (C=O) groups excluding carboxylic acids is 7. The van der Waals surface area contributed by atoms with E-state index in [-0.39, 0.29) is 76.4 Å². The Morgan fingerprint density at radius 3 is 2.12 bits per heavy atom. The number of carbonyl (C=O) groups is 7. The van der Waals surface area contributed by atoms with E-state index in [1.54, 1.807) is 118 Å². The van der Waals surface area contributed by atoms with Gasteiger partial charge < -0.3 is 59.4 Å². The molecular weight excluding hydrogens is 1210 g/mol. The number of nitrogens with zero attached hydrogens (tertiary/aromatic N) is 4. The summed E-state index contributed by atoms with van der Waals surface area (Å²) in [5.41, 5.74) is -6.39. The molecule has 11 atom stereocenters. The maximum Gasteiger partial charge on any atom is 0.408 e. The van der Waals surface area contributed by atoms with Gasteiger partial charge in [-0.15, -0.1) is 0 Å². The average Bonchev–Trinajstić information content (AvgIpc) is 0.720. The van der Waals surface area contributed by atoms with E-state index < -0.39 is 137 Å². The molecule has 502 valence electrons. The van der Waals surface area contributed by atoms with Crippen LogP contribution in [0.1, 0.15) is 140 Å². The maximum absolute atomic E-state index is 15.5. The number of Topliss-reactive ketones (excluding diaryl/α,β-unsaturated/α-hetero) is 2. The van der Waals surface area contributed by atoms with E-state index in [9.17, 15) is 54.3 Å². The Bertz CT molecular complexity index is 3810. The first-order valence-electron chi connectivity index (χ1n) is 31.8. The number of amides is 2. The lowest BCUT2D eigenvalue weighted by atomic mass is 9.42. The number of ketones is 2. The quantitative estimate of drug-likeness (QED) is 0.0208. The summed E-state index contributed by atoms with van der Waals surface area (Å²) >= 11 is 0. The van der Waals surface area contributed by atoms with Crippen molar-refractivity contribution in [3.63, 3.8) is 0 Å². The first-order valence-corrected chi connectivity index (χ1v) is 31.8. The van der Waals surface area contributed by atoms with E-state index >= 15 is 9.59 Å². The van der Waals surface area contributed by atoms with Gasteiger partial charge in [0.15, 0.2) is 23.0 Å². The van der Waals surface area contributed by atoms with Crippen LogP contribution in [0.15, 0.2) is 113 Å². The van der Waals surface area contributed by atoms with Crippen LogP contribution in [0.5, 0.6) is 11.5 Å². The number of H-pyrrole nitrogens is 1. The highest BCUT2D eigenvalue weighted by Gasteiger charge is 2.77. The van der Waals surface area contributed by atoms with Crippen LogP contribution >= 0.6 is 0 Å². The first kappa shape index (κ1) is 68.3. The summed E-state index contributed by atoms with van der Waals surface area (Å²) in [6.07, 6.45) is -11.3. The Hall–Kier alpha value is -8.55. The molecule has 0 radical (unpaired) electrons. The number of piperazine rings is 1. The number of nitrogens with one attached hydrogen (secondary N) is 2. The van der Waals surface area contributed by atoms with E-state index in [0.717, 1.165) is 5.56 Å². The van der Waals surface area contributed by atoms with Crippen molar-refractivity contribution < 1.29 is 82.8 Å². The summed E-state index contributed by atoms with van der Waals surface area (Å²) in [6, 6.07) is 24.8. The zero-order valence-electron chi connectivity index (χ0n) is 54.5. The van der Waals surface area contributed by atoms with Crippen molar-refractivity contribution in [3.8, 4) is 28.6 Å². The molecule has 2 saturated heterocycles. The minimum Gasteiger partial charge on any atom is -0.508 e. The summed E-state index contributed by atoms with van der Waals surface area (Å²) < 4.78 is 31.6. The number of hydrogen-bond donors (Lipinski definition) is 7. The molecule has 1 aromatic heterocycles. The van der Waals surface area contributed by atoms with Crippen molar-refractivity contribution in [1.29, 1.82) is 0 Å². The fourth-order valence-electron chi connectivity index (χ4n) is 15.0. The van der Waals surface area contributed by atoms with Gasteiger partial charge >= 0.3 is 29.7 Å². The maximum atomic E-state index is 15.5. The third-order valence-electron chi connectivity index (χ3n) is 19.9. The number of alkyl carbamates (subject to hydrolysis) is 1. The standard InChI is InChI=1S/C70H84N6O18/c1-38(2)45-31-46(50(80)33-49(45)79)62-72-73-64(87)76(62)44-23-21-41(22-24-44)36-74-27-29-75(30-28-74)54(82)25-26-55(83)92-59(57(43-19-15-12-16-20-43)71-65(88)94-66(5,6)7)63(86)91-51-35-70(89)47(32-48(78)42-17-13-11-14-18-42)60-68(10,61(85)58(84)56(39(51)3)67(70,8)9)52(81)34-53-69(60,37-90-53)93-40(4)77/h11-24,31,33,38,47,51-53,57-60,79-81,84,89H,25-30,32,34-37H2,1-10H3,(H,71,88)(H,73,87)/t47-,51-,52-,53+,57-,58+,59+,60-,68+,69-,70+/m0/s1. The summed E-state index contributed by atoms with van der Waals surface area (Å²) in [5, 5.41) is 69.4. The molecule has 5 aliphatic rings. The minimum absolute atomic E-state index is 0.0646. The van der Waals surface area contributed by atoms with Gasteiger partial charge in [0.1, 0.15) is 41.5 Å². The van der Waals surface area contributed by atoms with Crippen LogP contribution in [0.25, 0.3) is 17.1 Å². The van der Waals surface area contributed by atoms with Crippen LogP contribution in [0, 0.1) is 22.7 Å². The molecule has 4 fully saturated rings. The SMILES string of the molecule is CC(=O)O[C@@]12CO[C@@H]1C[C@H](O)[C@@]1(C)C(=O)[C@H](O)C3=C(C)[C@@H](OC(=O)[C@H](OC(=O)CCC(=O)N4CCN(Cc5ccc(-n6c(-c7cc(C(C)C)c(O)cc7O)n[nH]c6=O)cc5)CC4)[C@@H](NC(=O)OC(C)(C)C)c4ccccc4)C[C@@](O)([C@@H](CC(=O)c4ccccc4)[C@H]21)C3(C)C. The third kappa shape index (κ3) is 12.9. The number of esters is 3. The Balaban J connectivity index is 0.894. The van der Waals surface area contributed by atoms with Crippen LogP contribution in [-0.4, -0.2) is 172 Å². The van der Waals surface area contributed by atoms with Crippen LogP contribution < -0.4 is 11.0 Å². The average molecular weight is 1300 g/mol. The number of aliphatic hydroxyl groups is 3. The highest BCUT2D eigenvalue weighted by atomic mass is 16.6. The van der Waals surface area contributed by atoms with Crippen molar-refractivity contribution in [2.75, 3.05) is 32.8 Å². The van der Waals surface area contributed by atoms with Crippen LogP contribution in [0.2, 0.25) is 0 Å². The lowest BCUT2D eigenvalue weighted by Crippen LogP contribution is -2.80. The third-order valence-corrected chi connectivity index (χ3v) is 19.9. The van der Waals surface area contributed by atoms with Crippen LogP contribution in [-0.2, 0) is 54.2 Å². The lowest BCUT2D eigenvalue weighted by Gasteiger charge is -2.68. The van der Waals surface area contributed by atoms with Crippen molar-refractivity contribution in [3.05, 3.63) is 141 Å². The molecule has 2 saturated carbocycles. The molecule has 3 aliphatic carbocycles. The molecule has 24 nitrogen and oxygen atoms in total. The van der Waals surface area contributed by atoms with Gasteiger partial charge in [-0.2, -0.15) is 5.10 Å². The van der Waals surface area contributed by atoms with Gasteiger partial charge in [-0.25, -0.2) is 24.0 Å². The van der Waals surface area contributed by atoms with Gasteiger partial charge in [-0.05, 0) is 86.6 Å². The fraction of sp³-hybridized carbons (Fsp3) is 0.500. The molecule has 24 heteroatoms. The van der Waals surface area contributed by atoms with Crippen molar-refractivity contribution in [2.45, 2.75) is 167 Å². The van der Waals surface area contributed by atoms with Crippen molar-refractivity contribution >= 4 is 41.5 Å². The first-order chi connectivity index (χ1) is 44.3. The topological polar surface area (TPSA) is 336 Å². The molecule has 4 aromatic carbocycles. The largest absolute Gasteiger partial charge is 0.508 e. The van der Waals surface area contributed by atoms with Gasteiger partial charge in [-0.3, -0.25) is 28.9 Å². The molecule has 2 bridgehead atoms. The Labute approximate surface area is 544 Å². The number of hydrogen-bond acceptors (Lipinski definition) is 20. The van der Waals surface area contributed by atoms with Gasteiger partial charge in [0.25, 0.3) is 0 Å². The van der Waals surface area contributed by atoms with E-state index in [2.05, 4.69) is 20.4 Å². The molecular formula is C70H84N6O18. The molecule has 3 heterocycles. The predicted molar refractivity (Wildman–Crippen MR) is 339 cm³/mol. The number of benzene rings is 4. The molecule has 7 N–H and O–H groups in total. The predicted octanol–water partition coefficient (Wildman–Crippen LogP) is 6.67. The molecule has 0 spiro atoms. The second-order valence-electron chi connectivity index (χ2n) is 27.5. The van der Waals surface area contributed by atoms with Crippen LogP contribution in [0.3, 0.4) is 0 Å². The molecule has 0 unspecified atom stereocenters. The Morgan fingerprint density at radius 1 is 0.862 bits per heavy atom. The summed E-state index contributed by atoms with van der Waals surface area (Å²) in [7, 11) is 0. The number of aromatic nitrogens is 3. The number of aliphatic hydroxyl groups excluding tert-OH is 2. The number of aromatic amines is 1. The van der Waals surface area contributed by atoms with E-state index in [1.165, 1.54) is 31.4 Å². The number of aromatic hydroxyl groups is 2. The lowest BCUT2D eigenvalue weighted by molar-refractivity contribution is -0.339. The van der Waals surface area contributed by atoms with Crippen molar-refractivity contribution in [2.24, 2.45) is 22.7 Å². The summed E-state index contributed by atoms with van der Waals surface area (Å²) in [4.78, 5) is 118. The van der Waals surface area contributed by atoms with Gasteiger partial charge in [0.2, 0.25) is 12.0 Å². The summed E-state index contributed by atoms with van der Waals surface area (Å²) in [6.45, 7) is 17.7. The minimum atomic E-state index is -2.27. The second-order valence-corrected chi connectivity index (χ2v) is 27.5. The number of rotatable bonds is 18. The Morgan fingerprint density at radius 2 is 1.51 bits per heavy atom. The van der Waals surface area contributed by atoms with Gasteiger partial charge in [0.05, 0.1) is 41.4 Å². The molecule has 94 heavy (non-hydrogen) atoms. The summed E-state index contributed by atoms with van der Waals surface area (Å²) in [5.74, 6) is -7.86. The Kier molecular flexibility index (Phi) is 19.1. The molecule has 5 aromatic rings. The molecule has 2 amide bonds. The zero-order valence-corrected chi connectivity index (χ0v) is 54.5. The van der Waals surface area contributed by atoms with Gasteiger partial charge in [0, 0.05) is 94.2 Å². The monoisotopic (exact) mass is 1300 g/mol. The number of fused-ring (bicyclic) bond motifs is 5. The van der Waals surface area contributed by atoms with E-state index in [4.69, 9.17) is 23.7 Å². The zero-order chi connectivity index (χ0) is 68.1. The van der Waals surface area contributed by atoms with E-state index in [1.807, 2.05) is 26.0 Å². The normalized spacial score (nSPS) is 26.5. The molecule has 2 aliphatic heterocycles.